The zero-order valence-electron chi connectivity index (χ0n) is 12.1. The standard InChI is InChI=1S/C14H28N2O2/c1-14(2,13(17)18)7-6-8-15(3)11-12-16-9-4-5-10-16/h4-12H2,1-3H3,(H,17,18). The van der Waals surface area contributed by atoms with Crippen LogP contribution >= 0.6 is 0 Å². The molecule has 18 heavy (non-hydrogen) atoms. The molecule has 0 radical (unpaired) electrons. The first-order valence-corrected chi connectivity index (χ1v) is 7.06. The summed E-state index contributed by atoms with van der Waals surface area (Å²) in [5.74, 6) is -0.692. The van der Waals surface area contributed by atoms with Gasteiger partial charge in [0.15, 0.2) is 0 Å². The molecule has 0 unspecified atom stereocenters. The molecule has 0 spiro atoms. The van der Waals surface area contributed by atoms with Gasteiger partial charge < -0.3 is 14.9 Å². The molecule has 0 saturated carbocycles. The summed E-state index contributed by atoms with van der Waals surface area (Å²) in [6, 6.07) is 0. The van der Waals surface area contributed by atoms with Crippen molar-refractivity contribution in [3.8, 4) is 0 Å². The van der Waals surface area contributed by atoms with Crippen LogP contribution < -0.4 is 0 Å². The number of hydrogen-bond donors (Lipinski definition) is 1. The van der Waals surface area contributed by atoms with Crippen molar-refractivity contribution >= 4 is 5.97 Å². The van der Waals surface area contributed by atoms with Crippen LogP contribution in [0.2, 0.25) is 0 Å². The highest BCUT2D eigenvalue weighted by Crippen LogP contribution is 2.22. The van der Waals surface area contributed by atoms with Gasteiger partial charge in [-0.1, -0.05) is 0 Å². The Labute approximate surface area is 111 Å². The second kappa shape index (κ2) is 7.10. The van der Waals surface area contributed by atoms with Crippen molar-refractivity contribution in [1.29, 1.82) is 0 Å². The Hall–Kier alpha value is -0.610. The number of hydrogen-bond acceptors (Lipinski definition) is 3. The fraction of sp³-hybridized carbons (Fsp3) is 0.929. The molecular weight excluding hydrogens is 228 g/mol. The maximum Gasteiger partial charge on any atom is 0.309 e. The molecule has 106 valence electrons. The van der Waals surface area contributed by atoms with Gasteiger partial charge in [-0.15, -0.1) is 0 Å². The smallest absolute Gasteiger partial charge is 0.309 e. The number of likely N-dealkylation sites (tertiary alicyclic amines) is 1. The van der Waals surface area contributed by atoms with Crippen LogP contribution in [0.15, 0.2) is 0 Å². The number of nitrogens with zero attached hydrogens (tertiary/aromatic N) is 2. The summed E-state index contributed by atoms with van der Waals surface area (Å²) in [5, 5.41) is 9.03. The summed E-state index contributed by atoms with van der Waals surface area (Å²) in [4.78, 5) is 15.8. The van der Waals surface area contributed by atoms with Crippen molar-refractivity contribution in [3.63, 3.8) is 0 Å². The molecule has 1 N–H and O–H groups in total. The number of carbonyl (C=O) groups is 1. The van der Waals surface area contributed by atoms with Gasteiger partial charge >= 0.3 is 5.97 Å². The zero-order chi connectivity index (χ0) is 13.6. The maximum absolute atomic E-state index is 11.0. The molecule has 0 aromatic carbocycles. The number of aliphatic carboxylic acids is 1. The lowest BCUT2D eigenvalue weighted by atomic mass is 9.88. The van der Waals surface area contributed by atoms with Gasteiger partial charge in [0.1, 0.15) is 0 Å². The molecule has 1 saturated heterocycles. The Balaban J connectivity index is 2.09. The quantitative estimate of drug-likeness (QED) is 0.720. The van der Waals surface area contributed by atoms with E-state index in [2.05, 4.69) is 16.8 Å². The number of carboxylic acid groups (broad SMARTS) is 1. The Bertz CT molecular complexity index is 261. The SMILES string of the molecule is CN(CCCC(C)(C)C(=O)O)CCN1CCCC1. The van der Waals surface area contributed by atoms with Crippen LogP contribution in [0.5, 0.6) is 0 Å². The predicted molar refractivity (Wildman–Crippen MR) is 73.8 cm³/mol. The lowest BCUT2D eigenvalue weighted by molar-refractivity contribution is -0.147. The number of rotatable bonds is 8. The normalized spacial score (nSPS) is 17.6. The second-order valence-electron chi connectivity index (χ2n) is 6.14. The molecule has 0 atom stereocenters. The minimum atomic E-state index is -0.692. The van der Waals surface area contributed by atoms with Crippen molar-refractivity contribution in [2.75, 3.05) is 39.8 Å². The minimum Gasteiger partial charge on any atom is -0.481 e. The van der Waals surface area contributed by atoms with E-state index in [9.17, 15) is 4.79 Å². The summed E-state index contributed by atoms with van der Waals surface area (Å²) in [5.41, 5.74) is -0.588. The largest absolute Gasteiger partial charge is 0.481 e. The summed E-state index contributed by atoms with van der Waals surface area (Å²) < 4.78 is 0. The molecule has 4 nitrogen and oxygen atoms in total. The van der Waals surface area contributed by atoms with Crippen LogP contribution in [0.25, 0.3) is 0 Å². The van der Waals surface area contributed by atoms with Crippen LogP contribution in [0.3, 0.4) is 0 Å². The van der Waals surface area contributed by atoms with E-state index in [1.807, 2.05) is 0 Å². The highest BCUT2D eigenvalue weighted by molar-refractivity contribution is 5.73. The van der Waals surface area contributed by atoms with Crippen molar-refractivity contribution < 1.29 is 9.90 Å². The van der Waals surface area contributed by atoms with E-state index in [0.29, 0.717) is 0 Å². The van der Waals surface area contributed by atoms with E-state index in [0.717, 1.165) is 32.5 Å². The average molecular weight is 256 g/mol. The predicted octanol–water partition coefficient (Wildman–Crippen LogP) is 1.91. The highest BCUT2D eigenvalue weighted by atomic mass is 16.4. The summed E-state index contributed by atoms with van der Waals surface area (Å²) in [7, 11) is 2.13. The third-order valence-corrected chi connectivity index (χ3v) is 3.92. The summed E-state index contributed by atoms with van der Waals surface area (Å²) >= 11 is 0. The van der Waals surface area contributed by atoms with E-state index in [4.69, 9.17) is 5.11 Å². The van der Waals surface area contributed by atoms with Gasteiger partial charge in [0.25, 0.3) is 0 Å². The summed E-state index contributed by atoms with van der Waals surface area (Å²) in [6.45, 7) is 9.34. The fourth-order valence-corrected chi connectivity index (χ4v) is 2.33. The molecular formula is C14H28N2O2. The maximum atomic E-state index is 11.0. The monoisotopic (exact) mass is 256 g/mol. The molecule has 0 amide bonds. The van der Waals surface area contributed by atoms with Crippen LogP contribution in [-0.2, 0) is 4.79 Å². The van der Waals surface area contributed by atoms with Crippen molar-refractivity contribution in [1.82, 2.24) is 9.80 Å². The molecule has 4 heteroatoms. The lowest BCUT2D eigenvalue weighted by Crippen LogP contribution is -2.32. The molecule has 1 rings (SSSR count). The molecule has 1 aliphatic heterocycles. The second-order valence-corrected chi connectivity index (χ2v) is 6.14. The molecule has 1 aliphatic rings. The first kappa shape index (κ1) is 15.4. The van der Waals surface area contributed by atoms with Crippen molar-refractivity contribution in [2.45, 2.75) is 39.5 Å². The highest BCUT2D eigenvalue weighted by Gasteiger charge is 2.26. The number of carboxylic acids is 1. The Morgan fingerprint density at radius 3 is 2.44 bits per heavy atom. The molecule has 0 bridgehead atoms. The zero-order valence-corrected chi connectivity index (χ0v) is 12.1. The van der Waals surface area contributed by atoms with E-state index in [-0.39, 0.29) is 0 Å². The third-order valence-electron chi connectivity index (χ3n) is 3.92. The van der Waals surface area contributed by atoms with Gasteiger partial charge in [-0.2, -0.15) is 0 Å². The van der Waals surface area contributed by atoms with Gasteiger partial charge in [-0.25, -0.2) is 0 Å². The van der Waals surface area contributed by atoms with Crippen molar-refractivity contribution in [3.05, 3.63) is 0 Å². The minimum absolute atomic E-state index is 0.588. The Morgan fingerprint density at radius 2 is 1.89 bits per heavy atom. The van der Waals surface area contributed by atoms with E-state index >= 15 is 0 Å². The first-order chi connectivity index (χ1) is 8.42. The fourth-order valence-electron chi connectivity index (χ4n) is 2.33. The van der Waals surface area contributed by atoms with Gasteiger partial charge in [-0.05, 0) is 66.2 Å². The van der Waals surface area contributed by atoms with E-state index < -0.39 is 11.4 Å². The van der Waals surface area contributed by atoms with Gasteiger partial charge in [0.05, 0.1) is 5.41 Å². The Morgan fingerprint density at radius 1 is 1.28 bits per heavy atom. The Kier molecular flexibility index (Phi) is 6.09. The summed E-state index contributed by atoms with van der Waals surface area (Å²) in [6.07, 6.45) is 4.39. The van der Waals surface area contributed by atoms with Crippen LogP contribution in [0.4, 0.5) is 0 Å². The molecule has 1 fully saturated rings. The topological polar surface area (TPSA) is 43.8 Å². The van der Waals surface area contributed by atoms with Crippen LogP contribution in [-0.4, -0.2) is 60.6 Å². The third kappa shape index (κ3) is 5.36. The van der Waals surface area contributed by atoms with E-state index in [1.165, 1.54) is 25.9 Å². The first-order valence-electron chi connectivity index (χ1n) is 7.06. The van der Waals surface area contributed by atoms with Crippen LogP contribution in [0, 0.1) is 5.41 Å². The molecule has 0 aromatic rings. The van der Waals surface area contributed by atoms with Gasteiger partial charge in [0, 0.05) is 13.1 Å². The number of likely N-dealkylation sites (N-methyl/N-ethyl adjacent to an activating group) is 1. The van der Waals surface area contributed by atoms with Crippen molar-refractivity contribution in [2.24, 2.45) is 5.41 Å². The lowest BCUT2D eigenvalue weighted by Gasteiger charge is -2.23. The average Bonchev–Trinajstić information content (AvgIpc) is 2.78. The van der Waals surface area contributed by atoms with Gasteiger partial charge in [0.2, 0.25) is 0 Å². The van der Waals surface area contributed by atoms with Crippen LogP contribution in [0.1, 0.15) is 39.5 Å². The van der Waals surface area contributed by atoms with E-state index in [1.54, 1.807) is 13.8 Å². The van der Waals surface area contributed by atoms with Gasteiger partial charge in [-0.3, -0.25) is 4.79 Å². The molecule has 1 heterocycles. The molecule has 0 aromatic heterocycles. The molecule has 0 aliphatic carbocycles.